The highest BCUT2D eigenvalue weighted by Crippen LogP contribution is 2.34. The van der Waals surface area contributed by atoms with Crippen molar-refractivity contribution in [3.63, 3.8) is 0 Å². The second kappa shape index (κ2) is 9.15. The second-order valence-electron chi connectivity index (χ2n) is 7.76. The zero-order valence-electron chi connectivity index (χ0n) is 18.8. The van der Waals surface area contributed by atoms with E-state index in [4.69, 9.17) is 22.1 Å². The molecule has 0 aliphatic heterocycles. The Bertz CT molecular complexity index is 1500. The molecule has 0 unspecified atom stereocenters. The topological polar surface area (TPSA) is 99.2 Å². The number of nitrogens with zero attached hydrogens (tertiary/aromatic N) is 2. The van der Waals surface area contributed by atoms with Gasteiger partial charge in [-0.2, -0.15) is 0 Å². The van der Waals surface area contributed by atoms with Crippen LogP contribution in [0.5, 0.6) is 11.5 Å². The lowest BCUT2D eigenvalue weighted by atomic mass is 10.0. The normalized spacial score (nSPS) is 11.0. The lowest BCUT2D eigenvalue weighted by Crippen LogP contribution is -2.26. The lowest BCUT2D eigenvalue weighted by Gasteiger charge is -2.15. The fourth-order valence-electron chi connectivity index (χ4n) is 3.69. The number of nitrogen functional groups attached to an aromatic ring is 1. The quantitative estimate of drug-likeness (QED) is 0.408. The molecule has 2 heterocycles. The molecule has 0 aliphatic rings. The number of anilines is 2. The molecule has 0 saturated heterocycles. The van der Waals surface area contributed by atoms with Gasteiger partial charge in [-0.05, 0) is 43.2 Å². The van der Waals surface area contributed by atoms with E-state index in [-0.39, 0.29) is 39.0 Å². The first kappa shape index (κ1) is 23.3. The van der Waals surface area contributed by atoms with Crippen molar-refractivity contribution in [1.29, 1.82) is 0 Å². The van der Waals surface area contributed by atoms with Crippen molar-refractivity contribution in [2.75, 3.05) is 11.1 Å². The van der Waals surface area contributed by atoms with Gasteiger partial charge in [-0.25, -0.2) is 9.37 Å². The van der Waals surface area contributed by atoms with Gasteiger partial charge in [0.2, 0.25) is 5.43 Å². The van der Waals surface area contributed by atoms with Gasteiger partial charge >= 0.3 is 0 Å². The Morgan fingerprint density at radius 2 is 1.97 bits per heavy atom. The number of carbonyl (C=O) groups excluding carboxylic acids is 1. The number of halogens is 2. The Morgan fingerprint density at radius 3 is 2.68 bits per heavy atom. The van der Waals surface area contributed by atoms with Crippen LogP contribution >= 0.6 is 11.6 Å². The number of carbonyl (C=O) groups is 1. The number of ether oxygens (including phenoxy) is 1. The van der Waals surface area contributed by atoms with Crippen LogP contribution in [0.2, 0.25) is 5.02 Å². The minimum atomic E-state index is -0.736. The molecule has 4 rings (SSSR count). The molecule has 2 aromatic heterocycles. The van der Waals surface area contributed by atoms with E-state index < -0.39 is 11.7 Å². The molecule has 34 heavy (non-hydrogen) atoms. The van der Waals surface area contributed by atoms with Gasteiger partial charge in [0, 0.05) is 42.1 Å². The predicted octanol–water partition coefficient (Wildman–Crippen LogP) is 5.22. The number of amides is 1. The van der Waals surface area contributed by atoms with E-state index in [1.54, 1.807) is 24.6 Å². The third-order valence-electron chi connectivity index (χ3n) is 5.68. The fourth-order valence-corrected chi connectivity index (χ4v) is 3.84. The predicted molar refractivity (Wildman–Crippen MR) is 131 cm³/mol. The first-order chi connectivity index (χ1) is 16.2. The molecule has 0 bridgehead atoms. The average molecular weight is 481 g/mol. The van der Waals surface area contributed by atoms with Crippen LogP contribution in [0.4, 0.5) is 15.9 Å². The van der Waals surface area contributed by atoms with Gasteiger partial charge < -0.3 is 20.4 Å². The van der Waals surface area contributed by atoms with Crippen molar-refractivity contribution < 1.29 is 13.9 Å². The van der Waals surface area contributed by atoms with Crippen molar-refractivity contribution in [2.24, 2.45) is 7.05 Å². The van der Waals surface area contributed by atoms with Crippen LogP contribution in [-0.2, 0) is 13.5 Å². The lowest BCUT2D eigenvalue weighted by molar-refractivity contribution is 0.102. The maximum absolute atomic E-state index is 14.7. The average Bonchev–Trinajstić information content (AvgIpc) is 2.82. The number of hydrogen-bond donors (Lipinski definition) is 2. The number of pyridine rings is 2. The maximum Gasteiger partial charge on any atom is 0.261 e. The molecule has 0 aliphatic carbocycles. The third-order valence-corrected chi connectivity index (χ3v) is 6.06. The molecule has 174 valence electrons. The molecule has 9 heteroatoms. The summed E-state index contributed by atoms with van der Waals surface area (Å²) < 4.78 is 22.0. The Morgan fingerprint density at radius 1 is 1.21 bits per heavy atom. The Hall–Kier alpha value is -3.91. The SMILES string of the molecule is CCc1ccc2c(c1)c(=O)c(C(=O)Nc1ccc(Oc3ccnc(N)c3Cl)c(F)c1)c(C)n2C. The summed E-state index contributed by atoms with van der Waals surface area (Å²) in [5.74, 6) is -1.27. The number of rotatable bonds is 5. The van der Waals surface area contributed by atoms with E-state index in [9.17, 15) is 14.0 Å². The van der Waals surface area contributed by atoms with Crippen molar-refractivity contribution >= 4 is 39.9 Å². The molecule has 3 N–H and O–H groups in total. The monoisotopic (exact) mass is 480 g/mol. The fraction of sp³-hybridized carbons (Fsp3) is 0.160. The summed E-state index contributed by atoms with van der Waals surface area (Å²) in [5, 5.41) is 3.13. The number of nitrogens with two attached hydrogens (primary N) is 1. The Balaban J connectivity index is 1.65. The highest BCUT2D eigenvalue weighted by Gasteiger charge is 2.20. The number of nitrogens with one attached hydrogen (secondary N) is 1. The summed E-state index contributed by atoms with van der Waals surface area (Å²) in [7, 11) is 1.79. The van der Waals surface area contributed by atoms with Crippen molar-refractivity contribution in [3.8, 4) is 11.5 Å². The standard InChI is InChI=1S/C25H22ClFN4O3/c1-4-14-5-7-18-16(11-14)23(32)21(13(2)31(18)3)25(33)30-15-6-8-19(17(27)12-15)34-20-9-10-29-24(28)22(20)26/h5-12H,4H2,1-3H3,(H2,28,29)(H,30,33). The minimum absolute atomic E-state index is 0.00281. The minimum Gasteiger partial charge on any atom is -0.453 e. The van der Waals surface area contributed by atoms with Crippen molar-refractivity contribution in [3.05, 3.63) is 86.5 Å². The van der Waals surface area contributed by atoms with Crippen LogP contribution in [-0.4, -0.2) is 15.5 Å². The Labute approximate surface area is 199 Å². The van der Waals surface area contributed by atoms with Crippen molar-refractivity contribution in [1.82, 2.24) is 9.55 Å². The molecule has 0 saturated carbocycles. The molecule has 0 atom stereocenters. The Kier molecular flexibility index (Phi) is 6.26. The highest BCUT2D eigenvalue weighted by atomic mass is 35.5. The molecular weight excluding hydrogens is 459 g/mol. The van der Waals surface area contributed by atoms with Crippen LogP contribution in [0.3, 0.4) is 0 Å². The van der Waals surface area contributed by atoms with Crippen molar-refractivity contribution in [2.45, 2.75) is 20.3 Å². The van der Waals surface area contributed by atoms with Crippen LogP contribution < -0.4 is 21.2 Å². The van der Waals surface area contributed by atoms with E-state index in [1.165, 1.54) is 24.4 Å². The molecule has 0 fully saturated rings. The first-order valence-electron chi connectivity index (χ1n) is 10.5. The number of aryl methyl sites for hydroxylation is 2. The summed E-state index contributed by atoms with van der Waals surface area (Å²) in [4.78, 5) is 30.1. The number of aromatic nitrogens is 2. The third kappa shape index (κ3) is 4.20. The molecule has 4 aromatic rings. The number of benzene rings is 2. The number of hydrogen-bond acceptors (Lipinski definition) is 5. The van der Waals surface area contributed by atoms with E-state index in [1.807, 2.05) is 19.1 Å². The van der Waals surface area contributed by atoms with Gasteiger partial charge in [-0.15, -0.1) is 0 Å². The van der Waals surface area contributed by atoms with E-state index >= 15 is 0 Å². The molecule has 0 spiro atoms. The van der Waals surface area contributed by atoms with Gasteiger partial charge in [0.05, 0.1) is 5.52 Å². The molecular formula is C25H22ClFN4O3. The zero-order valence-corrected chi connectivity index (χ0v) is 19.5. The maximum atomic E-state index is 14.7. The summed E-state index contributed by atoms with van der Waals surface area (Å²) >= 11 is 6.04. The molecule has 1 amide bonds. The van der Waals surface area contributed by atoms with Crippen LogP contribution in [0.25, 0.3) is 10.9 Å². The summed E-state index contributed by atoms with van der Waals surface area (Å²) in [6, 6.07) is 11.0. The van der Waals surface area contributed by atoms with Crippen LogP contribution in [0.1, 0.15) is 28.5 Å². The smallest absolute Gasteiger partial charge is 0.261 e. The molecule has 0 radical (unpaired) electrons. The summed E-state index contributed by atoms with van der Waals surface area (Å²) in [6.07, 6.45) is 2.15. The van der Waals surface area contributed by atoms with Gasteiger partial charge in [0.25, 0.3) is 5.91 Å². The largest absolute Gasteiger partial charge is 0.453 e. The summed E-state index contributed by atoms with van der Waals surface area (Å²) in [5.41, 5.74) is 7.67. The highest BCUT2D eigenvalue weighted by molar-refractivity contribution is 6.34. The molecule has 7 nitrogen and oxygen atoms in total. The van der Waals surface area contributed by atoms with Crippen LogP contribution in [0.15, 0.2) is 53.5 Å². The van der Waals surface area contributed by atoms with Crippen LogP contribution in [0, 0.1) is 12.7 Å². The van der Waals surface area contributed by atoms with E-state index in [0.29, 0.717) is 11.1 Å². The second-order valence-corrected chi connectivity index (χ2v) is 8.14. The van der Waals surface area contributed by atoms with E-state index in [2.05, 4.69) is 10.3 Å². The van der Waals surface area contributed by atoms with Gasteiger partial charge in [-0.3, -0.25) is 9.59 Å². The van der Waals surface area contributed by atoms with Gasteiger partial charge in [0.1, 0.15) is 16.4 Å². The zero-order chi connectivity index (χ0) is 24.6. The molecule has 2 aromatic carbocycles. The van der Waals surface area contributed by atoms with Gasteiger partial charge in [-0.1, -0.05) is 24.6 Å². The first-order valence-corrected chi connectivity index (χ1v) is 10.9. The van der Waals surface area contributed by atoms with E-state index in [0.717, 1.165) is 23.6 Å². The number of fused-ring (bicyclic) bond motifs is 1. The summed E-state index contributed by atoms with van der Waals surface area (Å²) in [6.45, 7) is 3.69. The van der Waals surface area contributed by atoms with Gasteiger partial charge in [0.15, 0.2) is 17.3 Å².